The Morgan fingerprint density at radius 3 is 2.82 bits per heavy atom. The molecule has 0 aliphatic heterocycles. The smallest absolute Gasteiger partial charge is 0.273 e. The van der Waals surface area contributed by atoms with Crippen LogP contribution in [0.5, 0.6) is 5.75 Å². The second-order valence-electron chi connectivity index (χ2n) is 7.37. The largest absolute Gasteiger partial charge is 0.492 e. The number of hydrogen-bond acceptors (Lipinski definition) is 6. The maximum atomic E-state index is 14.3. The second-order valence-corrected chi connectivity index (χ2v) is 7.56. The summed E-state index contributed by atoms with van der Waals surface area (Å²) in [6.07, 6.45) is 1.44. The van der Waals surface area contributed by atoms with Gasteiger partial charge >= 0.3 is 0 Å². The first kappa shape index (κ1) is 24.8. The molecule has 0 aromatic heterocycles. The third kappa shape index (κ3) is 5.74. The number of nitro benzene ring substituents is 1. The van der Waals surface area contributed by atoms with E-state index in [9.17, 15) is 18.9 Å². The average Bonchev–Trinajstić information content (AvgIpc) is 3.22. The van der Waals surface area contributed by atoms with Crippen molar-refractivity contribution >= 4 is 28.8 Å². The van der Waals surface area contributed by atoms with Gasteiger partial charge in [0.15, 0.2) is 0 Å². The Kier molecular flexibility index (Phi) is 8.27. The SMILES string of the molecule is N#Cc1ccc([N+](=O)[O-])cc1OCCCN=C(N)C1=C(N=CCl)C(c2ccc(F)cc2F)CC1. The van der Waals surface area contributed by atoms with Crippen LogP contribution < -0.4 is 10.5 Å². The maximum absolute atomic E-state index is 14.3. The van der Waals surface area contributed by atoms with Crippen molar-refractivity contribution in [2.75, 3.05) is 13.2 Å². The summed E-state index contributed by atoms with van der Waals surface area (Å²) in [5.74, 6) is -1.41. The first-order valence-electron chi connectivity index (χ1n) is 10.3. The predicted octanol–water partition coefficient (Wildman–Crippen LogP) is 4.97. The van der Waals surface area contributed by atoms with E-state index in [0.717, 1.165) is 11.7 Å². The molecule has 0 heterocycles. The Balaban J connectivity index is 1.67. The molecule has 0 saturated heterocycles. The Labute approximate surface area is 199 Å². The van der Waals surface area contributed by atoms with Gasteiger partial charge in [-0.25, -0.2) is 13.8 Å². The number of halogens is 3. The van der Waals surface area contributed by atoms with Crippen LogP contribution in [0.25, 0.3) is 0 Å². The van der Waals surface area contributed by atoms with Crippen LogP contribution in [-0.2, 0) is 0 Å². The third-order valence-corrected chi connectivity index (χ3v) is 5.39. The van der Waals surface area contributed by atoms with Crippen molar-refractivity contribution in [2.24, 2.45) is 15.7 Å². The van der Waals surface area contributed by atoms with Crippen molar-refractivity contribution in [3.05, 3.63) is 80.5 Å². The zero-order valence-electron chi connectivity index (χ0n) is 17.9. The molecule has 2 N–H and O–H groups in total. The quantitative estimate of drug-likeness (QED) is 0.176. The second kappa shape index (κ2) is 11.3. The van der Waals surface area contributed by atoms with E-state index in [1.165, 1.54) is 30.3 Å². The minimum atomic E-state index is -0.668. The van der Waals surface area contributed by atoms with E-state index in [2.05, 4.69) is 9.98 Å². The van der Waals surface area contributed by atoms with E-state index < -0.39 is 22.5 Å². The highest BCUT2D eigenvalue weighted by Crippen LogP contribution is 2.41. The number of rotatable bonds is 9. The molecule has 3 rings (SSSR count). The molecule has 11 heteroatoms. The Bertz CT molecular complexity index is 1220. The van der Waals surface area contributed by atoms with E-state index in [0.29, 0.717) is 36.1 Å². The number of nitriles is 1. The summed E-state index contributed by atoms with van der Waals surface area (Å²) in [6.45, 7) is 0.432. The van der Waals surface area contributed by atoms with Crippen LogP contribution >= 0.6 is 11.6 Å². The standard InChI is InChI=1S/C23H20ClF2N5O3/c24-13-30-22-18(17-5-3-15(25)10-20(17)26)6-7-19(22)23(28)29-8-1-9-34-21-11-16(31(32)33)4-2-14(21)12-27/h2-5,10-11,13,18H,1,6-9H2,(H2,28,29). The van der Waals surface area contributed by atoms with Gasteiger partial charge in [0.05, 0.1) is 34.5 Å². The third-order valence-electron chi connectivity index (χ3n) is 5.30. The highest BCUT2D eigenvalue weighted by Gasteiger charge is 2.30. The number of nitrogens with zero attached hydrogens (tertiary/aromatic N) is 4. The normalized spacial score (nSPS) is 16.2. The molecule has 2 aromatic carbocycles. The molecule has 0 bridgehead atoms. The van der Waals surface area contributed by atoms with Gasteiger partial charge in [-0.15, -0.1) is 0 Å². The summed E-state index contributed by atoms with van der Waals surface area (Å²) in [7, 11) is 0. The number of hydrogen-bond donors (Lipinski definition) is 1. The lowest BCUT2D eigenvalue weighted by Gasteiger charge is -2.13. The number of nitrogens with two attached hydrogens (primary N) is 1. The molecule has 1 unspecified atom stereocenters. The molecule has 1 atom stereocenters. The number of ether oxygens (including phenoxy) is 1. The summed E-state index contributed by atoms with van der Waals surface area (Å²) in [4.78, 5) is 18.9. The molecule has 8 nitrogen and oxygen atoms in total. The molecule has 34 heavy (non-hydrogen) atoms. The van der Waals surface area contributed by atoms with Crippen LogP contribution in [0.4, 0.5) is 14.5 Å². The summed E-state index contributed by atoms with van der Waals surface area (Å²) in [6, 6.07) is 9.09. The van der Waals surface area contributed by atoms with E-state index in [4.69, 9.17) is 27.3 Å². The molecule has 0 spiro atoms. The van der Waals surface area contributed by atoms with E-state index >= 15 is 0 Å². The molecule has 1 aliphatic rings. The molecule has 0 radical (unpaired) electrons. The summed E-state index contributed by atoms with van der Waals surface area (Å²) in [5, 5.41) is 20.1. The van der Waals surface area contributed by atoms with E-state index in [1.54, 1.807) is 0 Å². The Morgan fingerprint density at radius 1 is 1.35 bits per heavy atom. The number of amidine groups is 1. The van der Waals surface area contributed by atoms with Gasteiger partial charge in [-0.2, -0.15) is 5.26 Å². The van der Waals surface area contributed by atoms with Crippen molar-refractivity contribution < 1.29 is 18.4 Å². The highest BCUT2D eigenvalue weighted by molar-refractivity contribution is 6.56. The minimum absolute atomic E-state index is 0.120. The van der Waals surface area contributed by atoms with Crippen LogP contribution in [0, 0.1) is 33.1 Å². The zero-order chi connectivity index (χ0) is 24.7. The molecule has 0 fully saturated rings. The zero-order valence-corrected chi connectivity index (χ0v) is 18.6. The van der Waals surface area contributed by atoms with Crippen LogP contribution in [-0.4, -0.2) is 29.6 Å². The molecule has 0 amide bonds. The fourth-order valence-corrected chi connectivity index (χ4v) is 3.81. The van der Waals surface area contributed by atoms with Gasteiger partial charge in [-0.1, -0.05) is 17.7 Å². The summed E-state index contributed by atoms with van der Waals surface area (Å²) < 4.78 is 33.1. The van der Waals surface area contributed by atoms with Crippen LogP contribution in [0.3, 0.4) is 0 Å². The fourth-order valence-electron chi connectivity index (χ4n) is 3.71. The first-order chi connectivity index (χ1) is 16.3. The topological polar surface area (TPSA) is 127 Å². The van der Waals surface area contributed by atoms with Gasteiger partial charge < -0.3 is 10.5 Å². The van der Waals surface area contributed by atoms with Crippen molar-refractivity contribution in [3.63, 3.8) is 0 Å². The summed E-state index contributed by atoms with van der Waals surface area (Å²) >= 11 is 5.69. The highest BCUT2D eigenvalue weighted by atomic mass is 35.5. The first-order valence-corrected chi connectivity index (χ1v) is 10.7. The lowest BCUT2D eigenvalue weighted by atomic mass is 9.96. The molecule has 176 valence electrons. The Morgan fingerprint density at radius 2 is 2.15 bits per heavy atom. The lowest BCUT2D eigenvalue weighted by molar-refractivity contribution is -0.384. The van der Waals surface area contributed by atoms with E-state index in [1.807, 2.05) is 6.07 Å². The van der Waals surface area contributed by atoms with Crippen molar-refractivity contribution in [2.45, 2.75) is 25.2 Å². The predicted molar refractivity (Wildman–Crippen MR) is 124 cm³/mol. The van der Waals surface area contributed by atoms with Crippen molar-refractivity contribution in [1.82, 2.24) is 0 Å². The molecule has 1 aliphatic carbocycles. The lowest BCUT2D eigenvalue weighted by Crippen LogP contribution is -2.16. The number of aliphatic imine (C=N–C) groups is 2. The van der Waals surface area contributed by atoms with Gasteiger partial charge in [0.25, 0.3) is 5.69 Å². The van der Waals surface area contributed by atoms with Gasteiger partial charge in [-0.05, 0) is 30.5 Å². The molecule has 2 aromatic rings. The summed E-state index contributed by atoms with van der Waals surface area (Å²) in [5.41, 5.74) is 8.66. The monoisotopic (exact) mass is 487 g/mol. The average molecular weight is 488 g/mol. The van der Waals surface area contributed by atoms with Gasteiger partial charge in [0, 0.05) is 36.6 Å². The van der Waals surface area contributed by atoms with Crippen LogP contribution in [0.2, 0.25) is 0 Å². The number of non-ortho nitro benzene ring substituents is 1. The fraction of sp³-hybridized carbons (Fsp3) is 0.261. The number of allylic oxidation sites excluding steroid dienone is 1. The van der Waals surface area contributed by atoms with Crippen LogP contribution in [0.15, 0.2) is 57.7 Å². The van der Waals surface area contributed by atoms with Crippen molar-refractivity contribution in [1.29, 1.82) is 5.26 Å². The van der Waals surface area contributed by atoms with Gasteiger partial charge in [0.2, 0.25) is 0 Å². The Hall–Kier alpha value is -3.84. The number of nitro groups is 1. The molecular weight excluding hydrogens is 468 g/mol. The molecular formula is C23H20ClF2N5O3. The minimum Gasteiger partial charge on any atom is -0.492 e. The van der Waals surface area contributed by atoms with Crippen molar-refractivity contribution in [3.8, 4) is 11.8 Å². The number of benzene rings is 2. The maximum Gasteiger partial charge on any atom is 0.273 e. The van der Waals surface area contributed by atoms with Gasteiger partial charge in [-0.3, -0.25) is 15.1 Å². The van der Waals surface area contributed by atoms with E-state index in [-0.39, 0.29) is 36.0 Å². The van der Waals surface area contributed by atoms with Gasteiger partial charge in [0.1, 0.15) is 29.3 Å². The van der Waals surface area contributed by atoms with Crippen LogP contribution in [0.1, 0.15) is 36.3 Å². The molecule has 0 saturated carbocycles.